The van der Waals surface area contributed by atoms with Gasteiger partial charge < -0.3 is 11.1 Å². The van der Waals surface area contributed by atoms with E-state index in [4.69, 9.17) is 5.73 Å². The molecule has 0 amide bonds. The Morgan fingerprint density at radius 1 is 1.46 bits per heavy atom. The lowest BCUT2D eigenvalue weighted by Crippen LogP contribution is -2.24. The van der Waals surface area contributed by atoms with Crippen LogP contribution >= 0.6 is 0 Å². The summed E-state index contributed by atoms with van der Waals surface area (Å²) in [6, 6.07) is 0. The largest absolute Gasteiger partial charge is 0.386 e. The first kappa shape index (κ1) is 8.10. The van der Waals surface area contributed by atoms with Gasteiger partial charge in [0.15, 0.2) is 0 Å². The van der Waals surface area contributed by atoms with Crippen molar-refractivity contribution in [3.63, 3.8) is 0 Å². The summed E-state index contributed by atoms with van der Waals surface area (Å²) >= 11 is 0. The molecule has 68 valence electrons. The molecule has 13 heavy (non-hydrogen) atoms. The average molecular weight is 175 g/mol. The van der Waals surface area contributed by atoms with Crippen LogP contribution < -0.4 is 11.1 Å². The fourth-order valence-corrected chi connectivity index (χ4v) is 1.49. The average Bonchev–Trinajstić information content (AvgIpc) is 2.19. The molecule has 0 aromatic rings. The van der Waals surface area contributed by atoms with Crippen molar-refractivity contribution in [3.8, 4) is 0 Å². The van der Waals surface area contributed by atoms with Crippen LogP contribution in [-0.2, 0) is 0 Å². The summed E-state index contributed by atoms with van der Waals surface area (Å²) in [4.78, 5) is 4.19. The van der Waals surface area contributed by atoms with Gasteiger partial charge in [0.05, 0.1) is 12.4 Å². The number of aliphatic imine (C=N–C) groups is 1. The van der Waals surface area contributed by atoms with Gasteiger partial charge in [0.25, 0.3) is 0 Å². The molecule has 2 heterocycles. The Morgan fingerprint density at radius 3 is 3.08 bits per heavy atom. The molecule has 0 spiro atoms. The number of rotatable bonds is 0. The number of nitrogens with one attached hydrogen (secondary N) is 1. The number of hydrogen-bond donors (Lipinski definition) is 2. The Kier molecular flexibility index (Phi) is 2.17. The van der Waals surface area contributed by atoms with Gasteiger partial charge in [-0.25, -0.2) is 0 Å². The van der Waals surface area contributed by atoms with Crippen LogP contribution in [0.2, 0.25) is 0 Å². The second-order valence-corrected chi connectivity index (χ2v) is 3.15. The van der Waals surface area contributed by atoms with E-state index in [1.807, 2.05) is 12.3 Å². The molecule has 2 aliphatic heterocycles. The van der Waals surface area contributed by atoms with Gasteiger partial charge in [-0.2, -0.15) is 0 Å². The standard InChI is InChI=1S/C10H13N3/c11-10-5-1-4-9(13-10)8-3-2-6-12-7-8/h2-3,5,7,13H,1,4,6,11H2. The van der Waals surface area contributed by atoms with E-state index in [0.717, 1.165) is 30.8 Å². The highest BCUT2D eigenvalue weighted by Crippen LogP contribution is 2.15. The SMILES string of the molecule is NC1=CCCC(=C2C=CCN=C2)N1. The van der Waals surface area contributed by atoms with Gasteiger partial charge in [0.1, 0.15) is 0 Å². The highest BCUT2D eigenvalue weighted by molar-refractivity contribution is 5.84. The molecule has 0 aromatic carbocycles. The molecular weight excluding hydrogens is 162 g/mol. The molecule has 0 aromatic heterocycles. The maximum absolute atomic E-state index is 5.68. The number of nitrogens with zero attached hydrogens (tertiary/aromatic N) is 1. The monoisotopic (exact) mass is 175 g/mol. The molecule has 2 rings (SSSR count). The van der Waals surface area contributed by atoms with Crippen LogP contribution in [0.3, 0.4) is 0 Å². The summed E-state index contributed by atoms with van der Waals surface area (Å²) in [5.41, 5.74) is 8.01. The Labute approximate surface area is 77.7 Å². The smallest absolute Gasteiger partial charge is 0.0961 e. The minimum Gasteiger partial charge on any atom is -0.386 e. The molecule has 3 nitrogen and oxygen atoms in total. The Bertz CT molecular complexity index is 307. The van der Waals surface area contributed by atoms with Crippen molar-refractivity contribution >= 4 is 6.21 Å². The molecule has 0 saturated carbocycles. The Hall–Kier alpha value is -1.51. The predicted octanol–water partition coefficient (Wildman–Crippen LogP) is 1.06. The van der Waals surface area contributed by atoms with Gasteiger partial charge in [0.2, 0.25) is 0 Å². The molecule has 3 N–H and O–H groups in total. The van der Waals surface area contributed by atoms with Crippen molar-refractivity contribution in [2.75, 3.05) is 6.54 Å². The molecule has 0 atom stereocenters. The minimum absolute atomic E-state index is 0.751. The van der Waals surface area contributed by atoms with E-state index < -0.39 is 0 Å². The Balaban J connectivity index is 2.23. The van der Waals surface area contributed by atoms with Gasteiger partial charge in [-0.05, 0) is 18.9 Å². The zero-order chi connectivity index (χ0) is 9.10. The summed E-state index contributed by atoms with van der Waals surface area (Å²) in [7, 11) is 0. The molecular formula is C10H13N3. The second kappa shape index (κ2) is 3.47. The number of nitrogens with two attached hydrogens (primary N) is 1. The maximum Gasteiger partial charge on any atom is 0.0961 e. The summed E-state index contributed by atoms with van der Waals surface area (Å²) in [6.45, 7) is 0.794. The van der Waals surface area contributed by atoms with Crippen molar-refractivity contribution in [2.45, 2.75) is 12.8 Å². The molecule has 3 heteroatoms. The number of allylic oxidation sites excluding steroid dienone is 4. The predicted molar refractivity (Wildman–Crippen MR) is 54.2 cm³/mol. The first-order valence-electron chi connectivity index (χ1n) is 4.48. The lowest BCUT2D eigenvalue weighted by Gasteiger charge is -2.18. The molecule has 0 unspecified atom stereocenters. The highest BCUT2D eigenvalue weighted by atomic mass is 15.0. The van der Waals surface area contributed by atoms with Crippen molar-refractivity contribution < 1.29 is 0 Å². The third-order valence-electron chi connectivity index (χ3n) is 2.14. The van der Waals surface area contributed by atoms with E-state index in [0.29, 0.717) is 0 Å². The zero-order valence-corrected chi connectivity index (χ0v) is 7.46. The zero-order valence-electron chi connectivity index (χ0n) is 7.46. The van der Waals surface area contributed by atoms with E-state index in [1.165, 1.54) is 5.70 Å². The van der Waals surface area contributed by atoms with E-state index in [9.17, 15) is 0 Å². The van der Waals surface area contributed by atoms with Crippen LogP contribution in [0, 0.1) is 0 Å². The van der Waals surface area contributed by atoms with Crippen LogP contribution in [0.1, 0.15) is 12.8 Å². The fourth-order valence-electron chi connectivity index (χ4n) is 1.49. The van der Waals surface area contributed by atoms with Gasteiger partial charge in [-0.1, -0.05) is 12.2 Å². The van der Waals surface area contributed by atoms with Crippen molar-refractivity contribution in [2.24, 2.45) is 10.7 Å². The quantitative estimate of drug-likeness (QED) is 0.578. The summed E-state index contributed by atoms with van der Waals surface area (Å²) in [6.07, 6.45) is 10.1. The topological polar surface area (TPSA) is 50.4 Å². The van der Waals surface area contributed by atoms with Gasteiger partial charge >= 0.3 is 0 Å². The molecule has 2 aliphatic rings. The van der Waals surface area contributed by atoms with E-state index in [1.54, 1.807) is 0 Å². The third kappa shape index (κ3) is 1.80. The summed E-state index contributed by atoms with van der Waals surface area (Å²) in [5, 5.41) is 3.16. The van der Waals surface area contributed by atoms with Crippen molar-refractivity contribution in [1.82, 2.24) is 5.32 Å². The van der Waals surface area contributed by atoms with E-state index in [-0.39, 0.29) is 0 Å². The molecule has 0 fully saturated rings. The van der Waals surface area contributed by atoms with Crippen LogP contribution in [0.15, 0.2) is 40.3 Å². The first-order chi connectivity index (χ1) is 6.36. The Morgan fingerprint density at radius 2 is 2.38 bits per heavy atom. The lowest BCUT2D eigenvalue weighted by atomic mass is 10.1. The lowest BCUT2D eigenvalue weighted by molar-refractivity contribution is 0.778. The molecule has 0 bridgehead atoms. The maximum atomic E-state index is 5.68. The van der Waals surface area contributed by atoms with Crippen LogP contribution in [0.25, 0.3) is 0 Å². The fraction of sp³-hybridized carbons (Fsp3) is 0.300. The molecule has 0 aliphatic carbocycles. The number of dihydropyridines is 1. The van der Waals surface area contributed by atoms with Gasteiger partial charge in [0, 0.05) is 17.5 Å². The number of hydrogen-bond acceptors (Lipinski definition) is 3. The third-order valence-corrected chi connectivity index (χ3v) is 2.14. The van der Waals surface area contributed by atoms with Crippen LogP contribution in [0.4, 0.5) is 0 Å². The summed E-state index contributed by atoms with van der Waals surface area (Å²) < 4.78 is 0. The normalized spacial score (nSPS) is 26.9. The van der Waals surface area contributed by atoms with Crippen LogP contribution in [-0.4, -0.2) is 12.8 Å². The van der Waals surface area contributed by atoms with Crippen molar-refractivity contribution in [3.05, 3.63) is 35.3 Å². The molecule has 0 saturated heterocycles. The van der Waals surface area contributed by atoms with Crippen LogP contribution in [0.5, 0.6) is 0 Å². The summed E-state index contributed by atoms with van der Waals surface area (Å²) in [5.74, 6) is 0.751. The van der Waals surface area contributed by atoms with Crippen molar-refractivity contribution in [1.29, 1.82) is 0 Å². The minimum atomic E-state index is 0.751. The van der Waals surface area contributed by atoms with E-state index in [2.05, 4.69) is 22.5 Å². The second-order valence-electron chi connectivity index (χ2n) is 3.15. The van der Waals surface area contributed by atoms with Gasteiger partial charge in [-0.3, -0.25) is 4.99 Å². The highest BCUT2D eigenvalue weighted by Gasteiger charge is 2.08. The molecule has 0 radical (unpaired) electrons. The first-order valence-corrected chi connectivity index (χ1v) is 4.48. The van der Waals surface area contributed by atoms with E-state index >= 15 is 0 Å². The van der Waals surface area contributed by atoms with Gasteiger partial charge in [-0.15, -0.1) is 0 Å².